The summed E-state index contributed by atoms with van der Waals surface area (Å²) >= 11 is 0. The van der Waals surface area contributed by atoms with Crippen LogP contribution in [0.2, 0.25) is 0 Å². The van der Waals surface area contributed by atoms with E-state index in [1.54, 1.807) is 0 Å². The van der Waals surface area contributed by atoms with Crippen LogP contribution in [0, 0.1) is 0 Å². The Hall–Kier alpha value is -0.930. The number of rotatable bonds is 2. The maximum Gasteiger partial charge on any atom is 0.212 e. The van der Waals surface area contributed by atoms with E-state index in [1.807, 2.05) is 24.4 Å². The Bertz CT molecular complexity index is 411. The van der Waals surface area contributed by atoms with Crippen LogP contribution in [0.3, 0.4) is 0 Å². The van der Waals surface area contributed by atoms with Crippen molar-refractivity contribution in [2.75, 3.05) is 6.61 Å². The molecule has 74 valence electrons. The third-order valence-corrected chi connectivity index (χ3v) is 2.13. The molecule has 1 aromatic carbocycles. The third kappa shape index (κ3) is 2.11. The van der Waals surface area contributed by atoms with E-state index >= 15 is 0 Å². The Labute approximate surface area is 93.6 Å². The van der Waals surface area contributed by atoms with E-state index in [0.29, 0.717) is 6.54 Å². The Morgan fingerprint density at radius 3 is 2.57 bits per heavy atom. The summed E-state index contributed by atoms with van der Waals surface area (Å²) in [6.45, 7) is 0.833. The summed E-state index contributed by atoms with van der Waals surface area (Å²) in [5.74, 6) is 0. The lowest BCUT2D eigenvalue weighted by Crippen LogP contribution is -3.00. The Morgan fingerprint density at radius 2 is 1.79 bits per heavy atom. The molecule has 2 rings (SSSR count). The zero-order valence-electron chi connectivity index (χ0n) is 7.73. The molecule has 2 aromatic rings. The number of hydrogen-bond acceptors (Lipinski definition) is 1. The van der Waals surface area contributed by atoms with E-state index in [9.17, 15) is 0 Å². The van der Waals surface area contributed by atoms with E-state index in [2.05, 4.69) is 22.8 Å². The van der Waals surface area contributed by atoms with Crippen LogP contribution in [0.4, 0.5) is 0 Å². The first-order valence-electron chi connectivity index (χ1n) is 4.40. The molecule has 1 aromatic heterocycles. The molecule has 0 saturated carbocycles. The molecule has 0 aliphatic heterocycles. The summed E-state index contributed by atoms with van der Waals surface area (Å²) in [6, 6.07) is 12.2. The van der Waals surface area contributed by atoms with Gasteiger partial charge in [-0.2, -0.15) is 4.57 Å². The average Bonchev–Trinajstić information content (AvgIpc) is 2.19. The van der Waals surface area contributed by atoms with Crippen molar-refractivity contribution in [2.24, 2.45) is 0 Å². The van der Waals surface area contributed by atoms with Crippen molar-refractivity contribution in [3.8, 4) is 0 Å². The molecule has 3 heteroatoms. The molecular formula is C11H12BrNO. The molecule has 0 radical (unpaired) electrons. The molecular weight excluding hydrogens is 242 g/mol. The number of aromatic nitrogens is 1. The zero-order chi connectivity index (χ0) is 9.10. The Morgan fingerprint density at radius 1 is 1.07 bits per heavy atom. The van der Waals surface area contributed by atoms with Gasteiger partial charge in [0.15, 0.2) is 12.7 Å². The van der Waals surface area contributed by atoms with Gasteiger partial charge in [-0.15, -0.1) is 0 Å². The number of aliphatic hydroxyl groups excluding tert-OH is 1. The number of benzene rings is 1. The van der Waals surface area contributed by atoms with Gasteiger partial charge in [-0.05, 0) is 12.1 Å². The minimum absolute atomic E-state index is 0. The SMILES string of the molecule is OCC[n+]1cccc2ccccc21.[Br-]. The second-order valence-electron chi connectivity index (χ2n) is 2.98. The molecule has 0 fully saturated rings. The molecule has 0 atom stereocenters. The first-order valence-corrected chi connectivity index (χ1v) is 4.40. The van der Waals surface area contributed by atoms with Crippen LogP contribution < -0.4 is 21.5 Å². The van der Waals surface area contributed by atoms with Gasteiger partial charge in [-0.3, -0.25) is 0 Å². The molecule has 0 aliphatic carbocycles. The highest BCUT2D eigenvalue weighted by Gasteiger charge is 2.04. The van der Waals surface area contributed by atoms with E-state index in [1.165, 1.54) is 10.9 Å². The number of hydrogen-bond donors (Lipinski definition) is 1. The molecule has 0 unspecified atom stereocenters. The summed E-state index contributed by atoms with van der Waals surface area (Å²) in [7, 11) is 0. The fourth-order valence-electron chi connectivity index (χ4n) is 1.52. The van der Waals surface area contributed by atoms with E-state index in [4.69, 9.17) is 5.11 Å². The number of pyridine rings is 1. The van der Waals surface area contributed by atoms with Crippen molar-refractivity contribution < 1.29 is 26.7 Å². The largest absolute Gasteiger partial charge is 1.00 e. The molecule has 0 spiro atoms. The van der Waals surface area contributed by atoms with Gasteiger partial charge >= 0.3 is 0 Å². The molecule has 0 saturated heterocycles. The average molecular weight is 254 g/mol. The summed E-state index contributed by atoms with van der Waals surface area (Å²) in [6.07, 6.45) is 1.98. The summed E-state index contributed by atoms with van der Waals surface area (Å²) in [5.41, 5.74) is 1.17. The highest BCUT2D eigenvalue weighted by molar-refractivity contribution is 5.74. The van der Waals surface area contributed by atoms with E-state index in [-0.39, 0.29) is 23.6 Å². The van der Waals surface area contributed by atoms with Crippen LogP contribution in [0.1, 0.15) is 0 Å². The predicted octanol–water partition coefficient (Wildman–Crippen LogP) is -1.88. The molecule has 1 heterocycles. The Kier molecular flexibility index (Phi) is 4.04. The van der Waals surface area contributed by atoms with Crippen LogP contribution in [0.15, 0.2) is 42.6 Å². The molecule has 1 N–H and O–H groups in total. The summed E-state index contributed by atoms with van der Waals surface area (Å²) in [4.78, 5) is 0. The highest BCUT2D eigenvalue weighted by atomic mass is 79.9. The second kappa shape index (κ2) is 5.08. The van der Waals surface area contributed by atoms with Gasteiger partial charge in [0.05, 0.1) is 0 Å². The maximum atomic E-state index is 8.86. The Balaban J connectivity index is 0.000000980. The maximum absolute atomic E-state index is 8.86. The van der Waals surface area contributed by atoms with E-state index < -0.39 is 0 Å². The van der Waals surface area contributed by atoms with Crippen molar-refractivity contribution in [1.29, 1.82) is 0 Å². The van der Waals surface area contributed by atoms with E-state index in [0.717, 1.165) is 0 Å². The second-order valence-corrected chi connectivity index (χ2v) is 2.98. The minimum Gasteiger partial charge on any atom is -1.00 e. The predicted molar refractivity (Wildman–Crippen MR) is 51.2 cm³/mol. The number of halogens is 1. The van der Waals surface area contributed by atoms with Gasteiger partial charge in [-0.25, -0.2) is 0 Å². The molecule has 0 bridgehead atoms. The molecule has 2 nitrogen and oxygen atoms in total. The molecule has 14 heavy (non-hydrogen) atoms. The van der Waals surface area contributed by atoms with Gasteiger partial charge < -0.3 is 22.1 Å². The van der Waals surface area contributed by atoms with Crippen molar-refractivity contribution in [1.82, 2.24) is 0 Å². The van der Waals surface area contributed by atoms with Crippen LogP contribution >= 0.6 is 0 Å². The summed E-state index contributed by atoms with van der Waals surface area (Å²) in [5, 5.41) is 10.1. The monoisotopic (exact) mass is 253 g/mol. The van der Waals surface area contributed by atoms with Crippen molar-refractivity contribution in [2.45, 2.75) is 6.54 Å². The van der Waals surface area contributed by atoms with Crippen molar-refractivity contribution in [3.63, 3.8) is 0 Å². The number of para-hydroxylation sites is 1. The third-order valence-electron chi connectivity index (χ3n) is 2.13. The lowest BCUT2D eigenvalue weighted by Gasteiger charge is -1.98. The lowest BCUT2D eigenvalue weighted by molar-refractivity contribution is -0.672. The van der Waals surface area contributed by atoms with Crippen LogP contribution in [-0.2, 0) is 6.54 Å². The lowest BCUT2D eigenvalue weighted by atomic mass is 10.2. The minimum atomic E-state index is 0. The van der Waals surface area contributed by atoms with Crippen molar-refractivity contribution >= 4 is 10.9 Å². The number of aliphatic hydroxyl groups is 1. The van der Waals surface area contributed by atoms with Gasteiger partial charge in [0.1, 0.15) is 6.61 Å². The quantitative estimate of drug-likeness (QED) is 0.623. The van der Waals surface area contributed by atoms with Crippen LogP contribution in [-0.4, -0.2) is 11.7 Å². The zero-order valence-corrected chi connectivity index (χ0v) is 9.31. The number of nitrogens with zero attached hydrogens (tertiary/aromatic N) is 1. The van der Waals surface area contributed by atoms with Crippen LogP contribution in [0.5, 0.6) is 0 Å². The topological polar surface area (TPSA) is 24.1 Å². The first kappa shape index (κ1) is 11.1. The van der Waals surface area contributed by atoms with Gasteiger partial charge in [0.2, 0.25) is 5.52 Å². The normalized spacial score (nSPS) is 9.79. The van der Waals surface area contributed by atoms with Crippen molar-refractivity contribution in [3.05, 3.63) is 42.6 Å². The van der Waals surface area contributed by atoms with Gasteiger partial charge in [0.25, 0.3) is 0 Å². The van der Waals surface area contributed by atoms with Crippen LogP contribution in [0.25, 0.3) is 10.9 Å². The van der Waals surface area contributed by atoms with Gasteiger partial charge in [-0.1, -0.05) is 12.1 Å². The smallest absolute Gasteiger partial charge is 0.212 e. The standard InChI is InChI=1S/C11H12NO.BrH/c13-9-8-12-7-3-5-10-4-1-2-6-11(10)12;/h1-7,13H,8-9H2;1H/q+1;/p-1. The fraction of sp³-hybridized carbons (Fsp3) is 0.182. The fourth-order valence-corrected chi connectivity index (χ4v) is 1.52. The number of fused-ring (bicyclic) bond motifs is 1. The van der Waals surface area contributed by atoms with Gasteiger partial charge in [0, 0.05) is 17.5 Å². The first-order chi connectivity index (χ1) is 6.42. The molecule has 0 amide bonds. The highest BCUT2D eigenvalue weighted by Crippen LogP contribution is 2.07. The summed E-state index contributed by atoms with van der Waals surface area (Å²) < 4.78 is 2.05. The molecule has 0 aliphatic rings.